The molecule has 10 heteroatoms. The highest BCUT2D eigenvalue weighted by Crippen LogP contribution is 2.53. The van der Waals surface area contributed by atoms with Crippen LogP contribution in [0.25, 0.3) is 0 Å². The molecule has 3 aliphatic rings. The van der Waals surface area contributed by atoms with Crippen LogP contribution in [0.1, 0.15) is 27.5 Å². The maximum atomic E-state index is 13.9. The van der Waals surface area contributed by atoms with E-state index in [0.29, 0.717) is 11.3 Å². The number of non-ortho nitro benzene ring substituents is 1. The summed E-state index contributed by atoms with van der Waals surface area (Å²) in [5.41, 5.74) is 2.06. The van der Waals surface area contributed by atoms with Crippen LogP contribution in [-0.4, -0.2) is 46.9 Å². The lowest BCUT2D eigenvalue weighted by Crippen LogP contribution is -2.44. The summed E-state index contributed by atoms with van der Waals surface area (Å²) in [5.74, 6) is -2.57. The predicted molar refractivity (Wildman–Crippen MR) is 132 cm³/mol. The normalized spacial score (nSPS) is 23.5. The first-order valence-electron chi connectivity index (χ1n) is 11.6. The first-order valence-corrected chi connectivity index (χ1v) is 11.6. The number of nitrogens with zero attached hydrogens (tertiary/aromatic N) is 4. The van der Waals surface area contributed by atoms with E-state index in [9.17, 15) is 24.5 Å². The Labute approximate surface area is 210 Å². The Morgan fingerprint density at radius 1 is 0.946 bits per heavy atom. The Morgan fingerprint density at radius 2 is 1.62 bits per heavy atom. The van der Waals surface area contributed by atoms with Crippen LogP contribution in [0.5, 0.6) is 5.75 Å². The molecule has 3 heterocycles. The lowest BCUT2D eigenvalue weighted by Gasteiger charge is -2.33. The average Bonchev–Trinajstić information content (AvgIpc) is 3.40. The van der Waals surface area contributed by atoms with Crippen LogP contribution >= 0.6 is 0 Å². The Balaban J connectivity index is 1.45. The molecule has 10 nitrogen and oxygen atoms in total. The van der Waals surface area contributed by atoms with Crippen molar-refractivity contribution in [3.63, 3.8) is 0 Å². The maximum Gasteiger partial charge on any atom is 0.269 e. The molecule has 2 fully saturated rings. The van der Waals surface area contributed by atoms with Crippen LogP contribution in [0, 0.1) is 22.0 Å². The number of ether oxygens (including phenoxy) is 1. The van der Waals surface area contributed by atoms with Crippen molar-refractivity contribution in [1.82, 2.24) is 5.01 Å². The van der Waals surface area contributed by atoms with E-state index in [-0.39, 0.29) is 17.2 Å². The van der Waals surface area contributed by atoms with Crippen molar-refractivity contribution in [3.8, 4) is 5.75 Å². The minimum atomic E-state index is -1.01. The van der Waals surface area contributed by atoms with Gasteiger partial charge in [0.15, 0.2) is 5.78 Å². The zero-order valence-corrected chi connectivity index (χ0v) is 19.6. The summed E-state index contributed by atoms with van der Waals surface area (Å²) in [5, 5.41) is 17.2. The number of rotatable bonds is 5. The van der Waals surface area contributed by atoms with Gasteiger partial charge in [-0.05, 0) is 47.5 Å². The van der Waals surface area contributed by atoms with E-state index in [1.165, 1.54) is 31.4 Å². The zero-order valence-electron chi connectivity index (χ0n) is 19.6. The number of methoxy groups -OCH3 is 1. The molecule has 2 amide bonds. The average molecular weight is 496 g/mol. The van der Waals surface area contributed by atoms with E-state index in [1.54, 1.807) is 35.5 Å². The Bertz CT molecular complexity index is 1480. The van der Waals surface area contributed by atoms with Gasteiger partial charge in [-0.25, -0.2) is 4.90 Å². The summed E-state index contributed by atoms with van der Waals surface area (Å²) in [6.45, 7) is 0. The molecule has 4 atom stereocenters. The van der Waals surface area contributed by atoms with Crippen LogP contribution in [0.4, 0.5) is 11.4 Å². The van der Waals surface area contributed by atoms with Gasteiger partial charge >= 0.3 is 0 Å². The second-order valence-corrected chi connectivity index (χ2v) is 9.07. The molecule has 0 aromatic heterocycles. The van der Waals surface area contributed by atoms with Gasteiger partial charge in [-0.1, -0.05) is 24.3 Å². The van der Waals surface area contributed by atoms with Crippen molar-refractivity contribution in [2.75, 3.05) is 12.0 Å². The minimum absolute atomic E-state index is 0.155. The Kier molecular flexibility index (Phi) is 5.11. The first-order chi connectivity index (χ1) is 17.9. The molecule has 0 aliphatic carbocycles. The summed E-state index contributed by atoms with van der Waals surface area (Å²) in [6.07, 6.45) is 1.64. The van der Waals surface area contributed by atoms with Crippen molar-refractivity contribution in [3.05, 3.63) is 99.6 Å². The molecule has 0 saturated carbocycles. The zero-order chi connectivity index (χ0) is 25.8. The van der Waals surface area contributed by atoms with Gasteiger partial charge < -0.3 is 4.74 Å². The van der Waals surface area contributed by atoms with Crippen molar-refractivity contribution in [2.45, 2.75) is 12.1 Å². The van der Waals surface area contributed by atoms with Gasteiger partial charge in [0.1, 0.15) is 11.8 Å². The smallest absolute Gasteiger partial charge is 0.269 e. The van der Waals surface area contributed by atoms with Crippen molar-refractivity contribution < 1.29 is 24.0 Å². The molecule has 6 rings (SSSR count). The number of fused-ring (bicyclic) bond motifs is 5. The van der Waals surface area contributed by atoms with Gasteiger partial charge in [0.2, 0.25) is 11.8 Å². The molecular formula is C27H20N4O6. The number of nitro benzene ring substituents is 1. The number of benzene rings is 3. The largest absolute Gasteiger partial charge is 0.497 e. The number of anilines is 1. The SMILES string of the molecule is COc1ccc(C(=O)[C@H]2[C@@H]3C(=O)N(c4ccc([N+](=O)[O-])cc4)C(=O)[C@@H]3[C@H]3c4ccccc4C=NN32)cc1. The molecule has 0 bridgehead atoms. The highest BCUT2D eigenvalue weighted by atomic mass is 16.6. The van der Waals surface area contributed by atoms with Crippen LogP contribution < -0.4 is 9.64 Å². The van der Waals surface area contributed by atoms with Crippen molar-refractivity contribution in [1.29, 1.82) is 0 Å². The van der Waals surface area contributed by atoms with Crippen LogP contribution in [0.3, 0.4) is 0 Å². The number of ketones is 1. The number of nitro groups is 1. The van der Waals surface area contributed by atoms with Crippen molar-refractivity contribution >= 4 is 35.2 Å². The summed E-state index contributed by atoms with van der Waals surface area (Å²) in [7, 11) is 1.53. The first kappa shape index (κ1) is 22.6. The molecule has 0 radical (unpaired) electrons. The van der Waals surface area contributed by atoms with Gasteiger partial charge in [0, 0.05) is 17.7 Å². The lowest BCUT2D eigenvalue weighted by molar-refractivity contribution is -0.384. The Morgan fingerprint density at radius 3 is 2.30 bits per heavy atom. The van der Waals surface area contributed by atoms with Crippen molar-refractivity contribution in [2.24, 2.45) is 16.9 Å². The summed E-state index contributed by atoms with van der Waals surface area (Å²) >= 11 is 0. The van der Waals surface area contributed by atoms with Crippen LogP contribution in [0.2, 0.25) is 0 Å². The summed E-state index contributed by atoms with van der Waals surface area (Å²) in [4.78, 5) is 53.1. The third-order valence-corrected chi connectivity index (χ3v) is 7.26. The Hall–Kier alpha value is -4.86. The fourth-order valence-electron chi connectivity index (χ4n) is 5.57. The topological polar surface area (TPSA) is 122 Å². The second kappa shape index (κ2) is 8.37. The number of Topliss-reactive ketones (excluding diaryl/α,β-unsaturated/α-hetero) is 1. The van der Waals surface area contributed by atoms with Crippen LogP contribution in [-0.2, 0) is 9.59 Å². The van der Waals surface area contributed by atoms with E-state index < -0.39 is 40.7 Å². The van der Waals surface area contributed by atoms with Gasteiger partial charge in [-0.15, -0.1) is 0 Å². The minimum Gasteiger partial charge on any atom is -0.497 e. The number of hydrazone groups is 1. The number of hydrogen-bond acceptors (Lipinski definition) is 8. The monoisotopic (exact) mass is 496 g/mol. The molecule has 0 unspecified atom stereocenters. The summed E-state index contributed by atoms with van der Waals surface area (Å²) in [6, 6.07) is 17.7. The summed E-state index contributed by atoms with van der Waals surface area (Å²) < 4.78 is 5.19. The molecular weight excluding hydrogens is 476 g/mol. The fraction of sp³-hybridized carbons (Fsp3) is 0.185. The quantitative estimate of drug-likeness (QED) is 0.230. The standard InChI is InChI=1S/C27H20N4O6/c1-37-19-12-6-15(7-13-19)25(32)24-22-21(23-20-5-3-2-4-16(20)14-28-30(23)24)26(33)29(27(22)34)17-8-10-18(11-9-17)31(35)36/h2-14,21-24H,1H3/t21-,22+,23+,24+/m0/s1. The number of amides is 2. The molecule has 0 spiro atoms. The van der Waals surface area contributed by atoms with E-state index in [1.807, 2.05) is 24.3 Å². The molecule has 37 heavy (non-hydrogen) atoms. The number of carbonyl (C=O) groups excluding carboxylic acids is 3. The molecule has 3 aromatic carbocycles. The molecule has 184 valence electrons. The molecule has 2 saturated heterocycles. The van der Waals surface area contributed by atoms with E-state index >= 15 is 0 Å². The highest BCUT2D eigenvalue weighted by molar-refractivity contribution is 6.24. The van der Waals surface area contributed by atoms with Gasteiger partial charge in [0.05, 0.1) is 41.8 Å². The maximum absolute atomic E-state index is 13.9. The number of carbonyl (C=O) groups is 3. The predicted octanol–water partition coefficient (Wildman–Crippen LogP) is 3.36. The van der Waals surface area contributed by atoms with Gasteiger partial charge in [-0.3, -0.25) is 29.5 Å². The van der Waals surface area contributed by atoms with Gasteiger partial charge in [0.25, 0.3) is 5.69 Å². The third-order valence-electron chi connectivity index (χ3n) is 7.26. The third kappa shape index (κ3) is 3.33. The van der Waals surface area contributed by atoms with E-state index in [0.717, 1.165) is 16.0 Å². The number of imide groups is 1. The fourth-order valence-corrected chi connectivity index (χ4v) is 5.57. The number of hydrogen-bond donors (Lipinski definition) is 0. The van der Waals surface area contributed by atoms with Gasteiger partial charge in [-0.2, -0.15) is 5.10 Å². The van der Waals surface area contributed by atoms with E-state index in [2.05, 4.69) is 5.10 Å². The van der Waals surface area contributed by atoms with Crippen LogP contribution in [0.15, 0.2) is 77.9 Å². The second-order valence-electron chi connectivity index (χ2n) is 9.07. The molecule has 3 aromatic rings. The van der Waals surface area contributed by atoms with E-state index in [4.69, 9.17) is 4.74 Å². The highest BCUT2D eigenvalue weighted by Gasteiger charge is 2.65. The molecule has 3 aliphatic heterocycles. The lowest BCUT2D eigenvalue weighted by atomic mass is 9.83. The molecule has 0 N–H and O–H groups in total.